The van der Waals surface area contributed by atoms with E-state index in [0.29, 0.717) is 45.7 Å². The lowest BCUT2D eigenvalue weighted by atomic mass is 10.1. The highest BCUT2D eigenvalue weighted by molar-refractivity contribution is 5.76. The zero-order valence-corrected chi connectivity index (χ0v) is 13.2. The molecule has 1 saturated heterocycles. The van der Waals surface area contributed by atoms with Gasteiger partial charge in [0.1, 0.15) is 0 Å². The molecule has 1 aliphatic rings. The minimum Gasteiger partial charge on any atom is -0.391 e. The molecule has 1 aromatic carbocycles. The predicted octanol–water partition coefficient (Wildman–Crippen LogP) is 0.817. The summed E-state index contributed by atoms with van der Waals surface area (Å²) in [5, 5.41) is 13.3. The molecule has 2 unspecified atom stereocenters. The number of rotatable bonds is 7. The SMILES string of the molecule is CC(CC(=O)N1CCOCC1)NCC(O)Cc1ccccc1. The van der Waals surface area contributed by atoms with Gasteiger partial charge < -0.3 is 20.1 Å². The first-order valence-corrected chi connectivity index (χ1v) is 7.96. The van der Waals surface area contributed by atoms with Crippen LogP contribution in [0.3, 0.4) is 0 Å². The molecule has 1 aromatic rings. The minimum absolute atomic E-state index is 0.0563. The molecule has 2 atom stereocenters. The fourth-order valence-electron chi connectivity index (χ4n) is 2.57. The normalized spacial score (nSPS) is 18.0. The number of morpholine rings is 1. The molecule has 0 spiro atoms. The molecule has 5 nitrogen and oxygen atoms in total. The summed E-state index contributed by atoms with van der Waals surface area (Å²) in [5.41, 5.74) is 1.12. The van der Waals surface area contributed by atoms with Crippen LogP contribution in [-0.2, 0) is 16.0 Å². The molecule has 0 radical (unpaired) electrons. The molecule has 5 heteroatoms. The molecular weight excluding hydrogens is 280 g/mol. The van der Waals surface area contributed by atoms with Gasteiger partial charge in [0, 0.05) is 32.1 Å². The van der Waals surface area contributed by atoms with Crippen LogP contribution in [0, 0.1) is 0 Å². The van der Waals surface area contributed by atoms with Gasteiger partial charge in [0.25, 0.3) is 0 Å². The molecule has 1 heterocycles. The van der Waals surface area contributed by atoms with Crippen molar-refractivity contribution in [2.75, 3.05) is 32.8 Å². The Bertz CT molecular complexity index is 446. The van der Waals surface area contributed by atoms with Crippen LogP contribution in [-0.4, -0.2) is 60.9 Å². The second-order valence-corrected chi connectivity index (χ2v) is 5.85. The lowest BCUT2D eigenvalue weighted by Crippen LogP contribution is -2.44. The average molecular weight is 306 g/mol. The molecule has 122 valence electrons. The van der Waals surface area contributed by atoms with E-state index in [2.05, 4.69) is 5.32 Å². The predicted molar refractivity (Wildman–Crippen MR) is 85.6 cm³/mol. The van der Waals surface area contributed by atoms with E-state index in [1.165, 1.54) is 0 Å². The number of ether oxygens (including phenoxy) is 1. The molecule has 0 saturated carbocycles. The first kappa shape index (κ1) is 16.9. The Hall–Kier alpha value is -1.43. The number of carbonyl (C=O) groups is 1. The van der Waals surface area contributed by atoms with Crippen molar-refractivity contribution in [1.29, 1.82) is 0 Å². The quantitative estimate of drug-likeness (QED) is 0.783. The molecule has 0 aliphatic carbocycles. The number of carbonyl (C=O) groups excluding carboxylic acids is 1. The number of nitrogens with one attached hydrogen (secondary N) is 1. The summed E-state index contributed by atoms with van der Waals surface area (Å²) in [6.07, 6.45) is 0.638. The third-order valence-electron chi connectivity index (χ3n) is 3.86. The maximum atomic E-state index is 12.1. The second kappa shape index (κ2) is 8.88. The number of nitrogens with zero attached hydrogens (tertiary/aromatic N) is 1. The van der Waals surface area contributed by atoms with Crippen LogP contribution in [0.15, 0.2) is 30.3 Å². The number of aliphatic hydroxyl groups excluding tert-OH is 1. The van der Waals surface area contributed by atoms with Gasteiger partial charge in [-0.3, -0.25) is 4.79 Å². The lowest BCUT2D eigenvalue weighted by molar-refractivity contribution is -0.135. The van der Waals surface area contributed by atoms with Gasteiger partial charge in [-0.05, 0) is 18.9 Å². The monoisotopic (exact) mass is 306 g/mol. The molecule has 1 fully saturated rings. The number of hydrogen-bond donors (Lipinski definition) is 2. The van der Waals surface area contributed by atoms with Crippen LogP contribution >= 0.6 is 0 Å². The van der Waals surface area contributed by atoms with Crippen LogP contribution in [0.25, 0.3) is 0 Å². The van der Waals surface area contributed by atoms with E-state index in [9.17, 15) is 9.90 Å². The van der Waals surface area contributed by atoms with E-state index in [-0.39, 0.29) is 11.9 Å². The molecule has 2 N–H and O–H groups in total. The Morgan fingerprint density at radius 3 is 2.68 bits per heavy atom. The number of amides is 1. The topological polar surface area (TPSA) is 61.8 Å². The van der Waals surface area contributed by atoms with Crippen LogP contribution < -0.4 is 5.32 Å². The highest BCUT2D eigenvalue weighted by Crippen LogP contribution is 2.05. The Balaban J connectivity index is 1.66. The van der Waals surface area contributed by atoms with Crippen LogP contribution in [0.2, 0.25) is 0 Å². The van der Waals surface area contributed by atoms with E-state index in [0.717, 1.165) is 5.56 Å². The summed E-state index contributed by atoms with van der Waals surface area (Å²) in [5.74, 6) is 0.154. The smallest absolute Gasteiger partial charge is 0.224 e. The summed E-state index contributed by atoms with van der Waals surface area (Å²) < 4.78 is 5.25. The Labute approximate surface area is 132 Å². The maximum absolute atomic E-state index is 12.1. The molecular formula is C17H26N2O3. The van der Waals surface area contributed by atoms with Gasteiger partial charge in [0.15, 0.2) is 0 Å². The van der Waals surface area contributed by atoms with Crippen molar-refractivity contribution in [2.24, 2.45) is 0 Å². The third kappa shape index (κ3) is 5.75. The molecule has 1 aliphatic heterocycles. The third-order valence-corrected chi connectivity index (χ3v) is 3.86. The molecule has 1 amide bonds. The molecule has 2 rings (SSSR count). The van der Waals surface area contributed by atoms with E-state index < -0.39 is 6.10 Å². The minimum atomic E-state index is -0.441. The van der Waals surface area contributed by atoms with Crippen LogP contribution in [0.5, 0.6) is 0 Å². The van der Waals surface area contributed by atoms with Gasteiger partial charge in [0.2, 0.25) is 5.91 Å². The van der Waals surface area contributed by atoms with Gasteiger partial charge in [-0.2, -0.15) is 0 Å². The highest BCUT2D eigenvalue weighted by Gasteiger charge is 2.19. The van der Waals surface area contributed by atoms with E-state index >= 15 is 0 Å². The van der Waals surface area contributed by atoms with Crippen molar-refractivity contribution < 1.29 is 14.6 Å². The highest BCUT2D eigenvalue weighted by atomic mass is 16.5. The maximum Gasteiger partial charge on any atom is 0.224 e. The van der Waals surface area contributed by atoms with Crippen molar-refractivity contribution in [3.63, 3.8) is 0 Å². The average Bonchev–Trinajstić information content (AvgIpc) is 2.55. The number of hydrogen-bond acceptors (Lipinski definition) is 4. The van der Waals surface area contributed by atoms with Crippen LogP contribution in [0.4, 0.5) is 0 Å². The van der Waals surface area contributed by atoms with E-state index in [4.69, 9.17) is 4.74 Å². The molecule has 22 heavy (non-hydrogen) atoms. The summed E-state index contributed by atoms with van der Waals surface area (Å²) >= 11 is 0. The summed E-state index contributed by atoms with van der Waals surface area (Å²) in [6, 6.07) is 9.98. The first-order chi connectivity index (χ1) is 10.6. The van der Waals surface area contributed by atoms with Gasteiger partial charge in [-0.1, -0.05) is 30.3 Å². The van der Waals surface area contributed by atoms with Gasteiger partial charge in [-0.15, -0.1) is 0 Å². The standard InChI is InChI=1S/C17H26N2O3/c1-14(11-17(21)19-7-9-22-10-8-19)18-13-16(20)12-15-5-3-2-4-6-15/h2-6,14,16,18,20H,7-13H2,1H3. The van der Waals surface area contributed by atoms with Crippen molar-refractivity contribution in [3.8, 4) is 0 Å². The molecule has 0 aromatic heterocycles. The summed E-state index contributed by atoms with van der Waals surface area (Å²) in [7, 11) is 0. The number of benzene rings is 1. The zero-order chi connectivity index (χ0) is 15.8. The second-order valence-electron chi connectivity index (χ2n) is 5.85. The number of aliphatic hydroxyl groups is 1. The lowest BCUT2D eigenvalue weighted by Gasteiger charge is -2.28. The van der Waals surface area contributed by atoms with Gasteiger partial charge in [0.05, 0.1) is 19.3 Å². The Kier molecular flexibility index (Phi) is 6.83. The zero-order valence-electron chi connectivity index (χ0n) is 13.2. The summed E-state index contributed by atoms with van der Waals surface area (Å²) in [4.78, 5) is 14.0. The largest absolute Gasteiger partial charge is 0.391 e. The first-order valence-electron chi connectivity index (χ1n) is 7.96. The molecule has 0 bridgehead atoms. The van der Waals surface area contributed by atoms with Crippen molar-refractivity contribution in [1.82, 2.24) is 10.2 Å². The van der Waals surface area contributed by atoms with E-state index in [1.807, 2.05) is 42.2 Å². The van der Waals surface area contributed by atoms with E-state index in [1.54, 1.807) is 0 Å². The fourth-order valence-corrected chi connectivity index (χ4v) is 2.57. The Morgan fingerprint density at radius 2 is 2.00 bits per heavy atom. The van der Waals surface area contributed by atoms with Crippen LogP contribution in [0.1, 0.15) is 18.9 Å². The van der Waals surface area contributed by atoms with Crippen molar-refractivity contribution in [2.45, 2.75) is 31.9 Å². The fraction of sp³-hybridized carbons (Fsp3) is 0.588. The Morgan fingerprint density at radius 1 is 1.32 bits per heavy atom. The van der Waals surface area contributed by atoms with Crippen molar-refractivity contribution in [3.05, 3.63) is 35.9 Å². The van der Waals surface area contributed by atoms with Crippen molar-refractivity contribution >= 4 is 5.91 Å². The van der Waals surface area contributed by atoms with Gasteiger partial charge >= 0.3 is 0 Å². The van der Waals surface area contributed by atoms with Gasteiger partial charge in [-0.25, -0.2) is 0 Å². The summed E-state index contributed by atoms with van der Waals surface area (Å²) in [6.45, 7) is 5.09.